The second kappa shape index (κ2) is 29.7. The highest BCUT2D eigenvalue weighted by Gasteiger charge is 2.45. The highest BCUT2D eigenvalue weighted by Crippen LogP contribution is 2.59. The molecule has 106 heavy (non-hydrogen) atoms. The maximum atomic E-state index is 14.8. The second-order valence-electron chi connectivity index (χ2n) is 33.8. The molecule has 2 aromatic heterocycles. The van der Waals surface area contributed by atoms with Crippen LogP contribution in [0, 0.1) is 0 Å². The van der Waals surface area contributed by atoms with E-state index in [4.69, 9.17) is 0 Å². The Morgan fingerprint density at radius 2 is 0.472 bits per heavy atom. The van der Waals surface area contributed by atoms with Crippen LogP contribution in [-0.2, 0) is 21.7 Å². The van der Waals surface area contributed by atoms with Crippen LogP contribution >= 0.6 is 0 Å². The first kappa shape index (κ1) is 71.4. The van der Waals surface area contributed by atoms with Gasteiger partial charge in [-0.15, -0.1) is 0 Å². The molecule has 0 N–H and O–H groups in total. The molecule has 12 aromatic rings. The molecule has 0 radical (unpaired) electrons. The van der Waals surface area contributed by atoms with Crippen molar-refractivity contribution in [2.24, 2.45) is 0 Å². The van der Waals surface area contributed by atoms with E-state index >= 15 is 0 Å². The summed E-state index contributed by atoms with van der Waals surface area (Å²) in [5.41, 5.74) is 31.9. The summed E-state index contributed by atoms with van der Waals surface area (Å²) < 4.78 is 3.21. The van der Waals surface area contributed by atoms with Gasteiger partial charge in [0, 0.05) is 21.7 Å². The molecule has 4 aliphatic carbocycles. The van der Waals surface area contributed by atoms with Crippen molar-refractivity contribution in [1.29, 1.82) is 0 Å². The number of hydrogen-bond acceptors (Lipinski definition) is 2. The van der Waals surface area contributed by atoms with Crippen LogP contribution < -0.4 is 11.1 Å². The van der Waals surface area contributed by atoms with Crippen LogP contribution in [0.25, 0.3) is 111 Å². The van der Waals surface area contributed by atoms with E-state index in [-0.39, 0.29) is 32.8 Å². The summed E-state index contributed by atoms with van der Waals surface area (Å²) in [6, 6.07) is 74.2. The lowest BCUT2D eigenvalue weighted by Gasteiger charge is -2.33. The molecule has 16 rings (SSSR count). The van der Waals surface area contributed by atoms with Crippen LogP contribution in [0.5, 0.6) is 0 Å². The molecule has 0 spiro atoms. The van der Waals surface area contributed by atoms with E-state index in [9.17, 15) is 9.59 Å². The van der Waals surface area contributed by atoms with Crippen molar-refractivity contribution in [3.63, 3.8) is 0 Å². The summed E-state index contributed by atoms with van der Waals surface area (Å²) in [7, 11) is 0. The fraction of sp³-hybridized carbons (Fsp3) is 0.392. The Kier molecular flexibility index (Phi) is 20.0. The molecule has 10 aromatic carbocycles. The third-order valence-electron chi connectivity index (χ3n) is 26.5. The van der Waals surface area contributed by atoms with Crippen molar-refractivity contribution in [3.05, 3.63) is 259 Å². The van der Waals surface area contributed by atoms with Crippen LogP contribution in [-0.4, -0.2) is 9.03 Å². The number of rotatable bonds is 32. The van der Waals surface area contributed by atoms with Gasteiger partial charge < -0.3 is 0 Å². The minimum Gasteiger partial charge on any atom is -0.267 e. The average molecular weight is 1400 g/mol. The maximum absolute atomic E-state index is 14.8. The summed E-state index contributed by atoms with van der Waals surface area (Å²) in [4.78, 5) is 29.6. The number of aromatic nitrogens is 2. The second-order valence-corrected chi connectivity index (χ2v) is 33.8. The van der Waals surface area contributed by atoms with Crippen LogP contribution in [0.2, 0.25) is 0 Å². The van der Waals surface area contributed by atoms with E-state index in [1.165, 1.54) is 273 Å². The van der Waals surface area contributed by atoms with E-state index < -0.39 is 0 Å². The molecule has 542 valence electrons. The van der Waals surface area contributed by atoms with Crippen LogP contribution in [0.3, 0.4) is 0 Å². The Labute approximate surface area is 632 Å². The first-order valence-electron chi connectivity index (χ1n) is 41.8. The fourth-order valence-electron chi connectivity index (χ4n) is 20.6. The maximum Gasteiger partial charge on any atom is 0.282 e. The third-order valence-corrected chi connectivity index (χ3v) is 26.5. The molecule has 0 aliphatic heterocycles. The molecule has 0 atom stereocenters. The molecular weight excluding hydrogens is 1290 g/mol. The van der Waals surface area contributed by atoms with Gasteiger partial charge in [-0.1, -0.05) is 343 Å². The Morgan fingerprint density at radius 1 is 0.236 bits per heavy atom. The van der Waals surface area contributed by atoms with Gasteiger partial charge in [-0.3, -0.25) is 9.59 Å². The van der Waals surface area contributed by atoms with Gasteiger partial charge in [0.25, 0.3) is 11.1 Å². The zero-order chi connectivity index (χ0) is 72.9. The highest BCUT2D eigenvalue weighted by molar-refractivity contribution is 5.95. The first-order valence-corrected chi connectivity index (χ1v) is 41.8. The van der Waals surface area contributed by atoms with E-state index in [1.807, 2.05) is 28.8 Å². The fourth-order valence-corrected chi connectivity index (χ4v) is 20.6. The van der Waals surface area contributed by atoms with Gasteiger partial charge in [0.05, 0.1) is 21.8 Å². The van der Waals surface area contributed by atoms with Gasteiger partial charge in [-0.05, 0) is 220 Å². The molecule has 0 saturated carbocycles. The molecule has 0 saturated heterocycles. The normalized spacial score (nSPS) is 14.9. The number of unbranched alkanes of at least 4 members (excludes halogenated alkanes) is 20. The highest BCUT2D eigenvalue weighted by atomic mass is 16.2. The van der Waals surface area contributed by atoms with Crippen molar-refractivity contribution in [1.82, 2.24) is 9.03 Å². The topological polar surface area (TPSA) is 43.0 Å². The molecule has 0 bridgehead atoms. The minimum atomic E-state index is -0.291. The van der Waals surface area contributed by atoms with Gasteiger partial charge in [0.1, 0.15) is 0 Å². The monoisotopic (exact) mass is 1400 g/mol. The van der Waals surface area contributed by atoms with E-state index in [1.54, 1.807) is 22.3 Å². The zero-order valence-corrected chi connectivity index (χ0v) is 65.0. The van der Waals surface area contributed by atoms with Crippen LogP contribution in [0.15, 0.2) is 204 Å². The van der Waals surface area contributed by atoms with Gasteiger partial charge in [-0.25, -0.2) is 4.52 Å². The molecule has 4 aliphatic rings. The molecule has 0 amide bonds. The Balaban J connectivity index is 0.655. The van der Waals surface area contributed by atoms with Crippen molar-refractivity contribution in [2.45, 2.75) is 257 Å². The first-order chi connectivity index (χ1) is 51.7. The molecule has 0 unspecified atom stereocenters. The summed E-state index contributed by atoms with van der Waals surface area (Å²) in [5, 5.41) is 1.08. The smallest absolute Gasteiger partial charge is 0.267 e. The van der Waals surface area contributed by atoms with Crippen molar-refractivity contribution in [3.8, 4) is 89.0 Å². The minimum absolute atomic E-state index is 0.0263. The third kappa shape index (κ3) is 12.4. The van der Waals surface area contributed by atoms with Crippen molar-refractivity contribution in [2.75, 3.05) is 0 Å². The predicted octanol–water partition coefficient (Wildman–Crippen LogP) is 28.3. The lowest BCUT2D eigenvalue weighted by Crippen LogP contribution is -2.25. The molecular formula is C102H112N2O2. The Bertz CT molecular complexity index is 5030. The van der Waals surface area contributed by atoms with Gasteiger partial charge >= 0.3 is 0 Å². The van der Waals surface area contributed by atoms with E-state index in [2.05, 4.69) is 225 Å². The standard InChI is InChI=1S/C102H112N2O2/c1-9-13-17-21-25-33-57-101(58-34-26-22-18-14-10-2)87-39-31-29-37-77(87)83-53-45-75(67-93(83)101)73-43-51-81-79-49-41-71(63-89(79)99(5,6)91(81)65-73)69-47-55-95-85(61-69)97(105)104-98(106)86-62-70(48-56-96(86)103(95)104)72-42-50-80-82-52-44-74(66-92(82)100(7,8)90(80)64-72)76-46-54-84-78-38-30-32-40-88(78)102(94(84)68-76,59-35-27-23-19-15-11-3)60-36-28-24-20-16-12-4/h29-32,37-56,61-68H,9-28,33-36,57-60H2,1-8H3. The van der Waals surface area contributed by atoms with Gasteiger partial charge in [0.2, 0.25) is 0 Å². The van der Waals surface area contributed by atoms with Crippen molar-refractivity contribution >= 4 is 21.8 Å². The lowest BCUT2D eigenvalue weighted by molar-refractivity contribution is 0.398. The molecule has 4 nitrogen and oxygen atoms in total. The molecule has 2 heterocycles. The van der Waals surface area contributed by atoms with Gasteiger partial charge in [0.15, 0.2) is 0 Å². The zero-order valence-electron chi connectivity index (χ0n) is 65.0. The largest absolute Gasteiger partial charge is 0.282 e. The molecule has 0 fully saturated rings. The lowest BCUT2D eigenvalue weighted by atomic mass is 9.70. The van der Waals surface area contributed by atoms with Crippen LogP contribution in [0.4, 0.5) is 0 Å². The molecule has 4 heteroatoms. The quantitative estimate of drug-likeness (QED) is 0.0394. The van der Waals surface area contributed by atoms with E-state index in [0.29, 0.717) is 10.8 Å². The predicted molar refractivity (Wildman–Crippen MR) is 451 cm³/mol. The summed E-state index contributed by atoms with van der Waals surface area (Å²) >= 11 is 0. The Morgan fingerprint density at radius 3 is 0.774 bits per heavy atom. The average Bonchev–Trinajstić information content (AvgIpc) is 1.50. The van der Waals surface area contributed by atoms with Crippen LogP contribution in [0.1, 0.15) is 280 Å². The Hall–Kier alpha value is -8.86. The summed E-state index contributed by atoms with van der Waals surface area (Å²) in [6.45, 7) is 18.8. The number of fused-ring (bicyclic) bond motifs is 17. The number of benzene rings is 10. The van der Waals surface area contributed by atoms with Gasteiger partial charge in [-0.2, -0.15) is 4.52 Å². The number of nitrogens with zero attached hydrogens (tertiary/aromatic N) is 2. The van der Waals surface area contributed by atoms with E-state index in [0.717, 1.165) is 33.3 Å². The SMILES string of the molecule is CCCCCCCCC1(CCCCCCCC)c2ccccc2-c2ccc(-c3ccc4c(c3)C(C)(C)c3cc(-c5ccc6c(c5)c(=O)n5c(=O)c7cc(-c8ccc9c(c8)C(C)(C)c8cc(-c%10ccc%11c(c%10)C(CCCCCCCC)(CCCCCCCC)c%10ccccc%10-%11)ccc8-9)ccc7n65)ccc3-4)cc21. The number of hydrogen-bond donors (Lipinski definition) is 0. The summed E-state index contributed by atoms with van der Waals surface area (Å²) in [6.07, 6.45) is 36.3. The van der Waals surface area contributed by atoms with Crippen molar-refractivity contribution < 1.29 is 0 Å². The summed E-state index contributed by atoms with van der Waals surface area (Å²) in [5.74, 6) is 0.